The molecule has 8 nitrogen and oxygen atoms in total. The Labute approximate surface area is 244 Å². The van der Waals surface area contributed by atoms with Gasteiger partial charge in [-0.3, -0.25) is 19.5 Å². The molecule has 0 spiro atoms. The van der Waals surface area contributed by atoms with E-state index < -0.39 is 4.92 Å². The minimum atomic E-state index is -0.418. The van der Waals surface area contributed by atoms with E-state index in [0.717, 1.165) is 52.1 Å². The number of hydrogen-bond acceptors (Lipinski definition) is 7. The van der Waals surface area contributed by atoms with Gasteiger partial charge in [0, 0.05) is 34.9 Å². The van der Waals surface area contributed by atoms with Gasteiger partial charge < -0.3 is 9.15 Å². The van der Waals surface area contributed by atoms with E-state index in [-0.39, 0.29) is 17.3 Å². The van der Waals surface area contributed by atoms with Gasteiger partial charge in [-0.25, -0.2) is 4.99 Å². The molecular weight excluding hydrogens is 550 g/mol. The number of methoxy groups -OCH3 is 1. The maximum atomic E-state index is 14.1. The number of non-ortho nitro benzene ring substituents is 1. The topological polar surface area (TPSA) is 99.9 Å². The quantitative estimate of drug-likeness (QED) is 0.195. The fraction of sp³-hybridized carbons (Fsp3) is 0.152. The van der Waals surface area contributed by atoms with Crippen LogP contribution in [0.25, 0.3) is 23.1 Å². The summed E-state index contributed by atoms with van der Waals surface area (Å²) in [6.07, 6.45) is 3.40. The number of allylic oxidation sites excluding steroid dienone is 1. The van der Waals surface area contributed by atoms with Crippen molar-refractivity contribution in [2.75, 3.05) is 7.11 Å². The summed E-state index contributed by atoms with van der Waals surface area (Å²) in [6, 6.07) is 24.1. The Morgan fingerprint density at radius 1 is 1.05 bits per heavy atom. The molecule has 2 aliphatic rings. The number of hydrogen-bond donors (Lipinski definition) is 0. The lowest BCUT2D eigenvalue weighted by molar-refractivity contribution is -0.384. The second-order valence-corrected chi connectivity index (χ2v) is 11.3. The summed E-state index contributed by atoms with van der Waals surface area (Å²) < 4.78 is 14.1. The molecule has 3 heterocycles. The Morgan fingerprint density at radius 3 is 2.67 bits per heavy atom. The normalized spacial score (nSPS) is 16.0. The molecule has 5 aromatic rings. The van der Waals surface area contributed by atoms with E-state index in [1.807, 2.05) is 36.4 Å². The summed E-state index contributed by atoms with van der Waals surface area (Å²) in [5.74, 6) is 1.80. The number of furan rings is 1. The Balaban J connectivity index is 1.38. The third kappa shape index (κ3) is 4.21. The van der Waals surface area contributed by atoms with Gasteiger partial charge in [0.15, 0.2) is 4.80 Å². The standard InChI is InChI=1S/C33H25N3O5S/c1-19-17-21(36(38)39)12-15-23(19)28-16-13-22(41-28)18-29-32(37)35-31(25-9-5-6-10-27(25)40-2)26-14-11-20-7-3-4-8-24(20)30(26)34-33(35)42-29/h3-10,12-13,15-18,31H,11,14H2,1-2H3/b29-18-/t31-/m1/s1. The van der Waals surface area contributed by atoms with Crippen LogP contribution in [-0.4, -0.2) is 16.6 Å². The number of ether oxygens (including phenoxy) is 1. The number of benzene rings is 3. The van der Waals surface area contributed by atoms with E-state index >= 15 is 0 Å². The van der Waals surface area contributed by atoms with Crippen LogP contribution in [0.15, 0.2) is 98.6 Å². The molecule has 0 saturated heterocycles. The van der Waals surface area contributed by atoms with Crippen molar-refractivity contribution in [1.82, 2.24) is 4.57 Å². The van der Waals surface area contributed by atoms with Crippen molar-refractivity contribution in [2.45, 2.75) is 25.8 Å². The minimum absolute atomic E-state index is 0.0269. The predicted octanol–water partition coefficient (Wildman–Crippen LogP) is 5.80. The van der Waals surface area contributed by atoms with Crippen LogP contribution in [0.3, 0.4) is 0 Å². The molecule has 7 rings (SSSR count). The first-order valence-corrected chi connectivity index (χ1v) is 14.4. The van der Waals surface area contributed by atoms with E-state index in [4.69, 9.17) is 14.1 Å². The van der Waals surface area contributed by atoms with Gasteiger partial charge in [0.05, 0.1) is 28.3 Å². The number of nitro groups is 1. The van der Waals surface area contributed by atoms with E-state index in [1.54, 1.807) is 36.8 Å². The average Bonchev–Trinajstić information content (AvgIpc) is 3.59. The fourth-order valence-corrected chi connectivity index (χ4v) is 6.91. The number of thiazole rings is 1. The first-order valence-electron chi connectivity index (χ1n) is 13.5. The summed E-state index contributed by atoms with van der Waals surface area (Å²) in [7, 11) is 1.65. The van der Waals surface area contributed by atoms with Crippen LogP contribution >= 0.6 is 11.3 Å². The Bertz CT molecular complexity index is 2120. The van der Waals surface area contributed by atoms with Gasteiger partial charge in [-0.15, -0.1) is 0 Å². The summed E-state index contributed by atoms with van der Waals surface area (Å²) in [6.45, 7) is 1.81. The molecule has 208 valence electrons. The van der Waals surface area contributed by atoms with E-state index in [0.29, 0.717) is 20.9 Å². The maximum absolute atomic E-state index is 14.1. The van der Waals surface area contributed by atoms with Crippen LogP contribution < -0.4 is 19.6 Å². The van der Waals surface area contributed by atoms with Gasteiger partial charge in [0.25, 0.3) is 11.2 Å². The largest absolute Gasteiger partial charge is 0.496 e. The fourth-order valence-electron chi connectivity index (χ4n) is 5.93. The number of aryl methyl sites for hydroxylation is 2. The van der Waals surface area contributed by atoms with Crippen LogP contribution in [-0.2, 0) is 6.42 Å². The molecule has 1 aliphatic carbocycles. The highest BCUT2D eigenvalue weighted by atomic mass is 32.1. The van der Waals surface area contributed by atoms with Gasteiger partial charge in [-0.2, -0.15) is 0 Å². The van der Waals surface area contributed by atoms with Crippen molar-refractivity contribution in [1.29, 1.82) is 0 Å². The Morgan fingerprint density at radius 2 is 1.86 bits per heavy atom. The molecule has 0 N–H and O–H groups in total. The predicted molar refractivity (Wildman–Crippen MR) is 161 cm³/mol. The number of para-hydroxylation sites is 1. The van der Waals surface area contributed by atoms with Gasteiger partial charge >= 0.3 is 0 Å². The zero-order valence-electron chi connectivity index (χ0n) is 22.9. The van der Waals surface area contributed by atoms with Gasteiger partial charge in [-0.1, -0.05) is 53.8 Å². The van der Waals surface area contributed by atoms with E-state index in [1.165, 1.54) is 29.0 Å². The van der Waals surface area contributed by atoms with Crippen LogP contribution in [0.5, 0.6) is 5.75 Å². The third-order valence-electron chi connectivity index (χ3n) is 7.89. The molecular formula is C33H25N3O5S. The molecule has 0 saturated carbocycles. The van der Waals surface area contributed by atoms with Gasteiger partial charge in [0.2, 0.25) is 0 Å². The SMILES string of the molecule is COc1ccccc1[C@@H]1C2=C(N=c3s/c(=C\c4ccc(-c5ccc([N+](=O)[O-])cc5C)o4)c(=O)n31)c1ccccc1CC2. The molecule has 1 aliphatic heterocycles. The van der Waals surface area contributed by atoms with Gasteiger partial charge in [0.1, 0.15) is 17.3 Å². The van der Waals surface area contributed by atoms with E-state index in [9.17, 15) is 14.9 Å². The van der Waals surface area contributed by atoms with Crippen molar-refractivity contribution >= 4 is 28.8 Å². The summed E-state index contributed by atoms with van der Waals surface area (Å²) in [5.41, 5.74) is 6.66. The van der Waals surface area contributed by atoms with Crippen molar-refractivity contribution in [3.63, 3.8) is 0 Å². The highest BCUT2D eigenvalue weighted by molar-refractivity contribution is 7.07. The van der Waals surface area contributed by atoms with Crippen LogP contribution in [0.2, 0.25) is 0 Å². The molecule has 3 aromatic carbocycles. The van der Waals surface area contributed by atoms with Gasteiger partial charge in [-0.05, 0) is 60.7 Å². The molecule has 0 bridgehead atoms. The highest BCUT2D eigenvalue weighted by Gasteiger charge is 2.34. The molecule has 9 heteroatoms. The molecule has 0 amide bonds. The lowest BCUT2D eigenvalue weighted by atomic mass is 9.83. The van der Waals surface area contributed by atoms with Crippen LogP contribution in [0, 0.1) is 17.0 Å². The maximum Gasteiger partial charge on any atom is 0.271 e. The Hall–Kier alpha value is -5.02. The molecule has 42 heavy (non-hydrogen) atoms. The lowest BCUT2D eigenvalue weighted by Gasteiger charge is -2.31. The zero-order valence-corrected chi connectivity index (χ0v) is 23.7. The molecule has 2 aromatic heterocycles. The average molecular weight is 576 g/mol. The minimum Gasteiger partial charge on any atom is -0.496 e. The smallest absolute Gasteiger partial charge is 0.271 e. The third-order valence-corrected chi connectivity index (χ3v) is 8.88. The summed E-state index contributed by atoms with van der Waals surface area (Å²) in [4.78, 5) is 30.5. The van der Waals surface area contributed by atoms with Crippen molar-refractivity contribution in [2.24, 2.45) is 4.99 Å². The zero-order chi connectivity index (χ0) is 29.0. The first-order chi connectivity index (χ1) is 20.4. The van der Waals surface area contributed by atoms with Crippen LogP contribution in [0.4, 0.5) is 5.69 Å². The number of aromatic nitrogens is 1. The number of nitro benzene ring substituents is 1. The summed E-state index contributed by atoms with van der Waals surface area (Å²) in [5, 5.41) is 11.1. The summed E-state index contributed by atoms with van der Waals surface area (Å²) >= 11 is 1.33. The monoisotopic (exact) mass is 575 g/mol. The number of rotatable bonds is 5. The lowest BCUT2D eigenvalue weighted by Crippen LogP contribution is -2.38. The van der Waals surface area contributed by atoms with Crippen LogP contribution in [0.1, 0.15) is 40.5 Å². The molecule has 0 radical (unpaired) electrons. The van der Waals surface area contributed by atoms with Crippen molar-refractivity contribution < 1.29 is 14.1 Å². The Kier molecular flexibility index (Phi) is 6.24. The molecule has 0 fully saturated rings. The second kappa shape index (κ2) is 10.1. The number of nitrogens with zero attached hydrogens (tertiary/aromatic N) is 3. The second-order valence-electron chi connectivity index (χ2n) is 10.3. The first kappa shape index (κ1) is 25.9. The highest BCUT2D eigenvalue weighted by Crippen LogP contribution is 2.43. The van der Waals surface area contributed by atoms with E-state index in [2.05, 4.69) is 18.2 Å². The molecule has 0 unspecified atom stereocenters. The molecule has 1 atom stereocenters. The number of fused-ring (bicyclic) bond motifs is 3. The van der Waals surface area contributed by atoms with Crippen molar-refractivity contribution in [3.8, 4) is 17.1 Å². The van der Waals surface area contributed by atoms with Crippen molar-refractivity contribution in [3.05, 3.63) is 142 Å².